The van der Waals surface area contributed by atoms with Crippen molar-refractivity contribution in [2.24, 2.45) is 0 Å². The van der Waals surface area contributed by atoms with Crippen LogP contribution in [0.15, 0.2) is 78.0 Å². The number of amides is 1. The van der Waals surface area contributed by atoms with Gasteiger partial charge in [-0.3, -0.25) is 9.36 Å². The van der Waals surface area contributed by atoms with Gasteiger partial charge in [-0.2, -0.15) is 0 Å². The first-order chi connectivity index (χ1) is 15.5. The van der Waals surface area contributed by atoms with Crippen LogP contribution in [0.25, 0.3) is 11.4 Å². The van der Waals surface area contributed by atoms with Crippen molar-refractivity contribution in [3.05, 3.63) is 94.8 Å². The van der Waals surface area contributed by atoms with E-state index < -0.39 is 0 Å². The summed E-state index contributed by atoms with van der Waals surface area (Å²) in [5, 5.41) is 12.8. The zero-order chi connectivity index (χ0) is 22.5. The van der Waals surface area contributed by atoms with Crippen LogP contribution < -0.4 is 5.32 Å². The Balaban J connectivity index is 1.54. The van der Waals surface area contributed by atoms with Crippen LogP contribution in [0.5, 0.6) is 0 Å². The third-order valence-corrected chi connectivity index (χ3v) is 6.00. The van der Waals surface area contributed by atoms with Crippen molar-refractivity contribution >= 4 is 35.0 Å². The van der Waals surface area contributed by atoms with E-state index in [4.69, 9.17) is 11.6 Å². The van der Waals surface area contributed by atoms with Crippen LogP contribution in [-0.4, -0.2) is 26.4 Å². The molecule has 0 fully saturated rings. The molecule has 0 radical (unpaired) electrons. The third-order valence-electron chi connectivity index (χ3n) is 4.80. The fourth-order valence-corrected chi connectivity index (χ4v) is 4.16. The zero-order valence-corrected chi connectivity index (χ0v) is 18.8. The molecule has 0 aliphatic heterocycles. The molecule has 4 aromatic rings. The van der Waals surface area contributed by atoms with Gasteiger partial charge in [0.1, 0.15) is 5.82 Å². The summed E-state index contributed by atoms with van der Waals surface area (Å²) in [5.74, 6) is 0.313. The number of nitrogens with one attached hydrogen (secondary N) is 1. The maximum atomic E-state index is 13.4. The number of nitrogens with zero attached hydrogens (tertiary/aromatic N) is 3. The quantitative estimate of drug-likeness (QED) is 0.348. The van der Waals surface area contributed by atoms with Crippen LogP contribution in [0.3, 0.4) is 0 Å². The lowest BCUT2D eigenvalue weighted by Crippen LogP contribution is -2.15. The number of carbonyl (C=O) groups excluding carboxylic acids is 1. The Morgan fingerprint density at radius 3 is 2.53 bits per heavy atom. The lowest BCUT2D eigenvalue weighted by atomic mass is 10.2. The zero-order valence-electron chi connectivity index (χ0n) is 17.3. The maximum absolute atomic E-state index is 13.4. The van der Waals surface area contributed by atoms with Crippen LogP contribution in [0.2, 0.25) is 5.02 Å². The van der Waals surface area contributed by atoms with Crippen molar-refractivity contribution in [2.45, 2.75) is 18.6 Å². The van der Waals surface area contributed by atoms with E-state index in [-0.39, 0.29) is 17.5 Å². The van der Waals surface area contributed by atoms with Gasteiger partial charge in [0.05, 0.1) is 12.3 Å². The topological polar surface area (TPSA) is 59.8 Å². The molecule has 5 nitrogen and oxygen atoms in total. The first-order valence-corrected chi connectivity index (χ1v) is 11.3. The number of aryl methyl sites for hydroxylation is 1. The fourth-order valence-electron chi connectivity index (χ4n) is 3.20. The minimum absolute atomic E-state index is 0.155. The molecule has 0 saturated carbocycles. The minimum Gasteiger partial charge on any atom is -0.325 e. The van der Waals surface area contributed by atoms with E-state index in [1.807, 2.05) is 41.8 Å². The van der Waals surface area contributed by atoms with Gasteiger partial charge in [-0.1, -0.05) is 53.7 Å². The molecule has 0 spiro atoms. The van der Waals surface area contributed by atoms with E-state index in [0.29, 0.717) is 22.5 Å². The summed E-state index contributed by atoms with van der Waals surface area (Å²) in [4.78, 5) is 12.5. The number of hydrogen-bond acceptors (Lipinski definition) is 4. The summed E-state index contributed by atoms with van der Waals surface area (Å²) in [6, 6.07) is 21.4. The maximum Gasteiger partial charge on any atom is 0.234 e. The van der Waals surface area contributed by atoms with Crippen molar-refractivity contribution in [2.75, 3.05) is 11.1 Å². The summed E-state index contributed by atoms with van der Waals surface area (Å²) >= 11 is 7.28. The molecule has 0 atom stereocenters. The van der Waals surface area contributed by atoms with Gasteiger partial charge in [0.15, 0.2) is 11.0 Å². The van der Waals surface area contributed by atoms with E-state index in [0.717, 1.165) is 22.4 Å². The van der Waals surface area contributed by atoms with Crippen LogP contribution in [0.4, 0.5) is 10.1 Å². The molecule has 0 bridgehead atoms. The molecule has 0 aliphatic carbocycles. The van der Waals surface area contributed by atoms with Crippen LogP contribution in [0.1, 0.15) is 11.1 Å². The molecule has 1 aromatic heterocycles. The van der Waals surface area contributed by atoms with Crippen molar-refractivity contribution in [3.63, 3.8) is 0 Å². The number of benzene rings is 3. The number of halogens is 2. The van der Waals surface area contributed by atoms with Gasteiger partial charge in [-0.25, -0.2) is 4.39 Å². The Morgan fingerprint density at radius 2 is 1.81 bits per heavy atom. The molecule has 4 rings (SSSR count). The molecule has 1 amide bonds. The predicted octanol–water partition coefficient (Wildman–Crippen LogP) is 5.83. The molecular formula is C24H20ClFN4OS. The standard InChI is InChI=1S/C24H20ClFN4OS/c1-16-13-19(25)9-12-21(16)27-22(31)15-32-24-29-28-23(18-7-10-20(26)11-8-18)30(24)14-17-5-3-2-4-6-17/h2-13H,14-15H2,1H3,(H,27,31). The van der Waals surface area contributed by atoms with E-state index in [1.165, 1.54) is 23.9 Å². The number of aromatic nitrogens is 3. The fraction of sp³-hybridized carbons (Fsp3) is 0.125. The Labute approximate surface area is 194 Å². The molecular weight excluding hydrogens is 447 g/mol. The van der Waals surface area contributed by atoms with Gasteiger partial charge in [-0.15, -0.1) is 10.2 Å². The highest BCUT2D eigenvalue weighted by Gasteiger charge is 2.17. The molecule has 32 heavy (non-hydrogen) atoms. The molecule has 162 valence electrons. The monoisotopic (exact) mass is 466 g/mol. The number of thioether (sulfide) groups is 1. The van der Waals surface area contributed by atoms with Crippen molar-refractivity contribution in [1.82, 2.24) is 14.8 Å². The second-order valence-corrected chi connectivity index (χ2v) is 8.56. The van der Waals surface area contributed by atoms with E-state index in [1.54, 1.807) is 30.3 Å². The molecule has 3 aromatic carbocycles. The molecule has 0 saturated heterocycles. The third kappa shape index (κ3) is 5.36. The summed E-state index contributed by atoms with van der Waals surface area (Å²) in [6.07, 6.45) is 0. The van der Waals surface area contributed by atoms with Crippen LogP contribution in [-0.2, 0) is 11.3 Å². The van der Waals surface area contributed by atoms with Crippen molar-refractivity contribution < 1.29 is 9.18 Å². The number of rotatable bonds is 7. The Bertz CT molecular complexity index is 1230. The number of carbonyl (C=O) groups is 1. The lowest BCUT2D eigenvalue weighted by molar-refractivity contribution is -0.113. The highest BCUT2D eigenvalue weighted by Crippen LogP contribution is 2.26. The van der Waals surface area contributed by atoms with Gasteiger partial charge >= 0.3 is 0 Å². The molecule has 0 unspecified atom stereocenters. The smallest absolute Gasteiger partial charge is 0.234 e. The van der Waals surface area contributed by atoms with Crippen LogP contribution in [0, 0.1) is 12.7 Å². The molecule has 8 heteroatoms. The number of hydrogen-bond donors (Lipinski definition) is 1. The highest BCUT2D eigenvalue weighted by atomic mass is 35.5. The van der Waals surface area contributed by atoms with Gasteiger partial charge in [0.2, 0.25) is 5.91 Å². The molecule has 1 N–H and O–H groups in total. The second-order valence-electron chi connectivity index (χ2n) is 7.18. The van der Waals surface area contributed by atoms with Gasteiger partial charge in [0, 0.05) is 16.3 Å². The average molecular weight is 467 g/mol. The summed E-state index contributed by atoms with van der Waals surface area (Å²) in [5.41, 5.74) is 3.43. The average Bonchev–Trinajstić information content (AvgIpc) is 3.18. The first kappa shape index (κ1) is 22.0. The molecule has 1 heterocycles. The second kappa shape index (κ2) is 9.97. The Morgan fingerprint density at radius 1 is 1.06 bits per heavy atom. The Hall–Kier alpha value is -3.16. The van der Waals surface area contributed by atoms with Crippen molar-refractivity contribution in [3.8, 4) is 11.4 Å². The van der Waals surface area contributed by atoms with Crippen molar-refractivity contribution in [1.29, 1.82) is 0 Å². The summed E-state index contributed by atoms with van der Waals surface area (Å²) in [6.45, 7) is 2.42. The minimum atomic E-state index is -0.313. The van der Waals surface area contributed by atoms with E-state index in [2.05, 4.69) is 15.5 Å². The number of anilines is 1. The van der Waals surface area contributed by atoms with Gasteiger partial charge in [-0.05, 0) is 60.5 Å². The lowest BCUT2D eigenvalue weighted by Gasteiger charge is -2.11. The molecule has 0 aliphatic rings. The predicted molar refractivity (Wildman–Crippen MR) is 127 cm³/mol. The van der Waals surface area contributed by atoms with E-state index >= 15 is 0 Å². The largest absolute Gasteiger partial charge is 0.325 e. The summed E-state index contributed by atoms with van der Waals surface area (Å²) in [7, 11) is 0. The Kier molecular flexibility index (Phi) is 6.87. The van der Waals surface area contributed by atoms with Gasteiger partial charge < -0.3 is 5.32 Å². The van der Waals surface area contributed by atoms with Crippen LogP contribution >= 0.6 is 23.4 Å². The van der Waals surface area contributed by atoms with Gasteiger partial charge in [0.25, 0.3) is 0 Å². The SMILES string of the molecule is Cc1cc(Cl)ccc1NC(=O)CSc1nnc(-c2ccc(F)cc2)n1Cc1ccccc1. The van der Waals surface area contributed by atoms with E-state index in [9.17, 15) is 9.18 Å². The first-order valence-electron chi connectivity index (χ1n) is 9.91. The normalized spacial score (nSPS) is 10.8. The highest BCUT2D eigenvalue weighted by molar-refractivity contribution is 7.99. The summed E-state index contributed by atoms with van der Waals surface area (Å²) < 4.78 is 15.3.